The Hall–Kier alpha value is -3.17. The van der Waals surface area contributed by atoms with Crippen molar-refractivity contribution in [3.63, 3.8) is 0 Å². The van der Waals surface area contributed by atoms with Gasteiger partial charge in [0.05, 0.1) is 11.6 Å². The Morgan fingerprint density at radius 2 is 2.07 bits per heavy atom. The third kappa shape index (κ3) is 3.90. The molecular weight excluding hydrogens is 376 g/mol. The smallest absolute Gasteiger partial charge is 0.257 e. The zero-order valence-corrected chi connectivity index (χ0v) is 15.8. The summed E-state index contributed by atoms with van der Waals surface area (Å²) >= 11 is 5.91. The summed E-state index contributed by atoms with van der Waals surface area (Å²) in [5.41, 5.74) is 2.36. The first-order chi connectivity index (χ1) is 13.6. The molecule has 2 aromatic carbocycles. The first kappa shape index (κ1) is 18.2. The van der Waals surface area contributed by atoms with E-state index in [0.29, 0.717) is 47.4 Å². The van der Waals surface area contributed by atoms with Gasteiger partial charge in [0.2, 0.25) is 5.91 Å². The molecule has 2 heterocycles. The van der Waals surface area contributed by atoms with Crippen LogP contribution in [0, 0.1) is 11.3 Å². The van der Waals surface area contributed by atoms with Gasteiger partial charge in [-0.25, -0.2) is 0 Å². The summed E-state index contributed by atoms with van der Waals surface area (Å²) in [5.74, 6) is 0.894. The predicted molar refractivity (Wildman–Crippen MR) is 104 cm³/mol. The van der Waals surface area contributed by atoms with Crippen LogP contribution in [0.5, 0.6) is 0 Å². The molecule has 1 aromatic heterocycles. The molecule has 0 bridgehead atoms. The first-order valence-electron chi connectivity index (χ1n) is 8.99. The second-order valence-electron chi connectivity index (χ2n) is 6.77. The molecule has 3 aromatic rings. The number of rotatable bonds is 5. The highest BCUT2D eigenvalue weighted by Gasteiger charge is 2.33. The average Bonchev–Trinajstić information content (AvgIpc) is 3.35. The predicted octanol–water partition coefficient (Wildman–Crippen LogP) is 3.82. The van der Waals surface area contributed by atoms with Crippen LogP contribution < -0.4 is 0 Å². The molecule has 1 aliphatic heterocycles. The van der Waals surface area contributed by atoms with Crippen LogP contribution in [0.2, 0.25) is 5.02 Å². The third-order valence-corrected chi connectivity index (χ3v) is 5.10. The topological polar surface area (TPSA) is 83.0 Å². The van der Waals surface area contributed by atoms with Crippen LogP contribution in [0.3, 0.4) is 0 Å². The number of likely N-dealkylation sites (tertiary alicyclic amines) is 1. The lowest BCUT2D eigenvalue weighted by Gasteiger charge is -2.15. The monoisotopic (exact) mass is 392 g/mol. The summed E-state index contributed by atoms with van der Waals surface area (Å²) in [7, 11) is 0. The highest BCUT2D eigenvalue weighted by molar-refractivity contribution is 6.30. The molecule has 28 heavy (non-hydrogen) atoms. The zero-order valence-electron chi connectivity index (χ0n) is 15.0. The van der Waals surface area contributed by atoms with E-state index in [1.807, 2.05) is 35.2 Å². The lowest BCUT2D eigenvalue weighted by molar-refractivity contribution is -0.127. The molecule has 4 rings (SSSR count). The van der Waals surface area contributed by atoms with E-state index in [4.69, 9.17) is 21.4 Å². The van der Waals surface area contributed by atoms with Gasteiger partial charge in [-0.05, 0) is 42.3 Å². The van der Waals surface area contributed by atoms with Gasteiger partial charge in [-0.2, -0.15) is 10.2 Å². The molecule has 0 spiro atoms. The summed E-state index contributed by atoms with van der Waals surface area (Å²) in [6, 6.07) is 16.8. The Morgan fingerprint density at radius 1 is 1.25 bits per heavy atom. The van der Waals surface area contributed by atoms with E-state index in [2.05, 4.69) is 16.2 Å². The van der Waals surface area contributed by atoms with Crippen LogP contribution in [0.25, 0.3) is 11.5 Å². The van der Waals surface area contributed by atoms with Gasteiger partial charge in [0.15, 0.2) is 5.82 Å². The molecule has 1 atom stereocenters. The van der Waals surface area contributed by atoms with Crippen LogP contribution in [0.4, 0.5) is 0 Å². The van der Waals surface area contributed by atoms with Gasteiger partial charge in [0.25, 0.3) is 5.89 Å². The number of nitrogens with zero attached hydrogens (tertiary/aromatic N) is 4. The molecule has 7 heteroatoms. The Balaban J connectivity index is 1.42. The van der Waals surface area contributed by atoms with E-state index in [0.717, 1.165) is 12.0 Å². The fraction of sp³-hybridized carbons (Fsp3) is 0.238. The Kier molecular flexibility index (Phi) is 5.09. The fourth-order valence-corrected chi connectivity index (χ4v) is 3.44. The van der Waals surface area contributed by atoms with Gasteiger partial charge in [0.1, 0.15) is 0 Å². The molecule has 0 saturated carbocycles. The van der Waals surface area contributed by atoms with Crippen molar-refractivity contribution in [2.45, 2.75) is 18.8 Å². The largest absolute Gasteiger partial charge is 0.342 e. The van der Waals surface area contributed by atoms with Crippen molar-refractivity contribution in [3.8, 4) is 17.5 Å². The third-order valence-electron chi connectivity index (χ3n) is 4.84. The number of nitriles is 1. The van der Waals surface area contributed by atoms with Gasteiger partial charge in [-0.15, -0.1) is 0 Å². The van der Waals surface area contributed by atoms with Crippen molar-refractivity contribution in [2.75, 3.05) is 13.1 Å². The standard InChI is InChI=1S/C21H17ClN4O2/c22-18-6-4-14(5-7-18)8-9-26-13-17(11-19(26)27)20-24-21(28-25-20)16-3-1-2-15(10-16)12-23/h1-7,10,17H,8-9,11,13H2. The maximum atomic E-state index is 12.4. The number of hydrogen-bond donors (Lipinski definition) is 0. The number of amides is 1. The Bertz CT molecular complexity index is 1040. The van der Waals surface area contributed by atoms with Crippen LogP contribution in [0.1, 0.15) is 29.3 Å². The minimum absolute atomic E-state index is 0.0885. The molecule has 1 amide bonds. The maximum absolute atomic E-state index is 12.4. The van der Waals surface area contributed by atoms with Crippen molar-refractivity contribution in [1.82, 2.24) is 15.0 Å². The molecule has 0 aliphatic carbocycles. The summed E-state index contributed by atoms with van der Waals surface area (Å²) < 4.78 is 5.36. The SMILES string of the molecule is N#Cc1cccc(-c2nc(C3CC(=O)N(CCc4ccc(Cl)cc4)C3)no2)c1. The molecule has 0 radical (unpaired) electrons. The number of benzene rings is 2. The highest BCUT2D eigenvalue weighted by Crippen LogP contribution is 2.28. The molecule has 1 unspecified atom stereocenters. The van der Waals surface area contributed by atoms with Gasteiger partial charge >= 0.3 is 0 Å². The van der Waals surface area contributed by atoms with E-state index in [1.165, 1.54) is 0 Å². The van der Waals surface area contributed by atoms with Gasteiger partial charge < -0.3 is 9.42 Å². The molecule has 6 nitrogen and oxygen atoms in total. The molecular formula is C21H17ClN4O2. The normalized spacial score (nSPS) is 16.4. The molecule has 1 aliphatic rings. The van der Waals surface area contributed by atoms with Crippen molar-refractivity contribution < 1.29 is 9.32 Å². The number of halogens is 1. The van der Waals surface area contributed by atoms with E-state index in [-0.39, 0.29) is 11.8 Å². The summed E-state index contributed by atoms with van der Waals surface area (Å²) in [6.07, 6.45) is 1.14. The number of carbonyl (C=O) groups is 1. The second kappa shape index (κ2) is 7.83. The number of aromatic nitrogens is 2. The van der Waals surface area contributed by atoms with Gasteiger partial charge in [0, 0.05) is 36.0 Å². The molecule has 140 valence electrons. The van der Waals surface area contributed by atoms with Crippen LogP contribution in [0.15, 0.2) is 53.1 Å². The van der Waals surface area contributed by atoms with Gasteiger partial charge in [-0.3, -0.25) is 4.79 Å². The fourth-order valence-electron chi connectivity index (χ4n) is 3.32. The summed E-state index contributed by atoms with van der Waals surface area (Å²) in [4.78, 5) is 18.7. The van der Waals surface area contributed by atoms with E-state index < -0.39 is 0 Å². The average molecular weight is 393 g/mol. The van der Waals surface area contributed by atoms with Crippen LogP contribution >= 0.6 is 11.6 Å². The van der Waals surface area contributed by atoms with E-state index in [9.17, 15) is 4.79 Å². The maximum Gasteiger partial charge on any atom is 0.257 e. The molecule has 0 N–H and O–H groups in total. The molecule has 1 fully saturated rings. The minimum atomic E-state index is -0.0885. The van der Waals surface area contributed by atoms with E-state index >= 15 is 0 Å². The van der Waals surface area contributed by atoms with Gasteiger partial charge in [-0.1, -0.05) is 35.0 Å². The number of hydrogen-bond acceptors (Lipinski definition) is 5. The number of carbonyl (C=O) groups excluding carboxylic acids is 1. The zero-order chi connectivity index (χ0) is 19.5. The highest BCUT2D eigenvalue weighted by atomic mass is 35.5. The Morgan fingerprint density at radius 3 is 2.86 bits per heavy atom. The van der Waals surface area contributed by atoms with Crippen molar-refractivity contribution in [2.24, 2.45) is 0 Å². The van der Waals surface area contributed by atoms with Crippen molar-refractivity contribution in [1.29, 1.82) is 5.26 Å². The van der Waals surface area contributed by atoms with Crippen LogP contribution in [-0.2, 0) is 11.2 Å². The van der Waals surface area contributed by atoms with Crippen LogP contribution in [-0.4, -0.2) is 34.0 Å². The first-order valence-corrected chi connectivity index (χ1v) is 9.36. The van der Waals surface area contributed by atoms with Crippen molar-refractivity contribution >= 4 is 17.5 Å². The lowest BCUT2D eigenvalue weighted by Crippen LogP contribution is -2.27. The minimum Gasteiger partial charge on any atom is -0.342 e. The van der Waals surface area contributed by atoms with E-state index in [1.54, 1.807) is 18.2 Å². The van der Waals surface area contributed by atoms with Crippen molar-refractivity contribution in [3.05, 3.63) is 70.5 Å². The summed E-state index contributed by atoms with van der Waals surface area (Å²) in [6.45, 7) is 1.22. The molecule has 1 saturated heterocycles. The quantitative estimate of drug-likeness (QED) is 0.659. The second-order valence-corrected chi connectivity index (χ2v) is 7.20. The summed E-state index contributed by atoms with van der Waals surface area (Å²) in [5, 5.41) is 13.8. The Labute approximate surface area is 167 Å². The lowest BCUT2D eigenvalue weighted by atomic mass is 10.1.